The fourth-order valence-corrected chi connectivity index (χ4v) is 2.31. The molecule has 0 amide bonds. The van der Waals surface area contributed by atoms with Crippen molar-refractivity contribution in [2.75, 3.05) is 18.0 Å². The number of halogens is 1. The number of anilines is 1. The molecule has 1 heterocycles. The van der Waals surface area contributed by atoms with Gasteiger partial charge in [0.25, 0.3) is 0 Å². The molecule has 0 bridgehead atoms. The van der Waals surface area contributed by atoms with E-state index in [1.165, 1.54) is 11.6 Å². The van der Waals surface area contributed by atoms with E-state index in [4.69, 9.17) is 0 Å². The highest BCUT2D eigenvalue weighted by molar-refractivity contribution is 5.57. The Labute approximate surface area is 101 Å². The first-order chi connectivity index (χ1) is 8.09. The molecule has 0 saturated heterocycles. The van der Waals surface area contributed by atoms with Gasteiger partial charge in [0.2, 0.25) is 0 Å². The molecule has 1 aromatic carbocycles. The molecule has 0 spiro atoms. The predicted molar refractivity (Wildman–Crippen MR) is 67.6 cm³/mol. The summed E-state index contributed by atoms with van der Waals surface area (Å²) in [5, 5.41) is 9.72. The molecular weight excluding hydrogens is 217 g/mol. The molecule has 2 rings (SSSR count). The average molecular weight is 235 g/mol. The van der Waals surface area contributed by atoms with Gasteiger partial charge in [0.05, 0.1) is 11.8 Å². The highest BCUT2D eigenvalue weighted by Crippen LogP contribution is 2.31. The zero-order chi connectivity index (χ0) is 12.4. The van der Waals surface area contributed by atoms with E-state index in [1.54, 1.807) is 19.1 Å². The minimum Gasteiger partial charge on any atom is -0.389 e. The van der Waals surface area contributed by atoms with Gasteiger partial charge in [-0.2, -0.15) is 0 Å². The maximum absolute atomic E-state index is 13.9. The summed E-state index contributed by atoms with van der Waals surface area (Å²) in [6.45, 7) is 5.26. The quantitative estimate of drug-likeness (QED) is 0.796. The summed E-state index contributed by atoms with van der Waals surface area (Å²) >= 11 is 0. The third-order valence-electron chi connectivity index (χ3n) is 3.12. The van der Waals surface area contributed by atoms with Crippen molar-refractivity contribution in [2.24, 2.45) is 0 Å². The van der Waals surface area contributed by atoms with Gasteiger partial charge >= 0.3 is 0 Å². The number of nitrogens with zero attached hydrogens (tertiary/aromatic N) is 1. The number of benzene rings is 1. The van der Waals surface area contributed by atoms with Crippen LogP contribution < -0.4 is 4.90 Å². The lowest BCUT2D eigenvalue weighted by atomic mass is 10.0. The molecule has 92 valence electrons. The number of rotatable bonds is 2. The lowest BCUT2D eigenvalue weighted by Crippen LogP contribution is -2.31. The van der Waals surface area contributed by atoms with Gasteiger partial charge in [0.1, 0.15) is 5.82 Å². The van der Waals surface area contributed by atoms with Crippen molar-refractivity contribution >= 4 is 5.69 Å². The van der Waals surface area contributed by atoms with Crippen LogP contribution in [-0.4, -0.2) is 18.2 Å². The van der Waals surface area contributed by atoms with Crippen LogP contribution >= 0.6 is 0 Å². The lowest BCUT2D eigenvalue weighted by molar-refractivity contribution is 0.199. The van der Waals surface area contributed by atoms with Crippen molar-refractivity contribution in [3.8, 4) is 0 Å². The molecule has 1 aliphatic rings. The van der Waals surface area contributed by atoms with Gasteiger partial charge in [-0.15, -0.1) is 0 Å². The van der Waals surface area contributed by atoms with Gasteiger partial charge in [0.15, 0.2) is 0 Å². The van der Waals surface area contributed by atoms with Crippen LogP contribution in [0.15, 0.2) is 29.8 Å². The van der Waals surface area contributed by atoms with Crippen LogP contribution in [0.2, 0.25) is 0 Å². The van der Waals surface area contributed by atoms with Crippen molar-refractivity contribution in [3.05, 3.63) is 41.2 Å². The standard InChI is InChI=1S/C14H18FNO/c1-10-5-4-8-16(9-10)14-12(11(2)17)6-3-7-13(14)15/h3,5-7,11,17H,4,8-9H2,1-2H3. The Morgan fingerprint density at radius 3 is 2.82 bits per heavy atom. The molecular formula is C14H18FNO. The maximum Gasteiger partial charge on any atom is 0.146 e. The summed E-state index contributed by atoms with van der Waals surface area (Å²) in [5.74, 6) is -0.252. The highest BCUT2D eigenvalue weighted by atomic mass is 19.1. The second-order valence-corrected chi connectivity index (χ2v) is 4.61. The van der Waals surface area contributed by atoms with Gasteiger partial charge in [0, 0.05) is 18.7 Å². The third-order valence-corrected chi connectivity index (χ3v) is 3.12. The summed E-state index contributed by atoms with van der Waals surface area (Å²) < 4.78 is 13.9. The van der Waals surface area contributed by atoms with Crippen molar-refractivity contribution < 1.29 is 9.50 Å². The molecule has 0 radical (unpaired) electrons. The molecule has 1 atom stereocenters. The Hall–Kier alpha value is -1.35. The van der Waals surface area contributed by atoms with E-state index in [-0.39, 0.29) is 5.82 Å². The third kappa shape index (κ3) is 2.50. The minimum absolute atomic E-state index is 0.252. The average Bonchev–Trinajstić information content (AvgIpc) is 2.28. The molecule has 0 fully saturated rings. The SMILES string of the molecule is CC1=CCCN(c2c(F)cccc2C(C)O)C1. The molecule has 1 aromatic rings. The minimum atomic E-state index is -0.646. The summed E-state index contributed by atoms with van der Waals surface area (Å²) in [7, 11) is 0. The van der Waals surface area contributed by atoms with Crippen LogP contribution in [0, 0.1) is 5.82 Å². The highest BCUT2D eigenvalue weighted by Gasteiger charge is 2.20. The monoisotopic (exact) mass is 235 g/mol. The van der Waals surface area contributed by atoms with Crippen LogP contribution in [0.5, 0.6) is 0 Å². The normalized spacial score (nSPS) is 17.9. The summed E-state index contributed by atoms with van der Waals surface area (Å²) in [6, 6.07) is 4.89. The zero-order valence-electron chi connectivity index (χ0n) is 10.3. The van der Waals surface area contributed by atoms with Crippen LogP contribution in [0.25, 0.3) is 0 Å². The van der Waals surface area contributed by atoms with Gasteiger partial charge in [-0.25, -0.2) is 4.39 Å². The second kappa shape index (κ2) is 4.88. The molecule has 1 aliphatic heterocycles. The first-order valence-corrected chi connectivity index (χ1v) is 5.96. The van der Waals surface area contributed by atoms with Gasteiger partial charge in [-0.05, 0) is 26.3 Å². The number of hydrogen-bond donors (Lipinski definition) is 1. The van der Waals surface area contributed by atoms with Gasteiger partial charge in [-0.3, -0.25) is 0 Å². The number of hydrogen-bond acceptors (Lipinski definition) is 2. The fourth-order valence-electron chi connectivity index (χ4n) is 2.31. The molecule has 0 aliphatic carbocycles. The summed E-state index contributed by atoms with van der Waals surface area (Å²) in [5.41, 5.74) is 2.46. The van der Waals surface area contributed by atoms with Crippen LogP contribution in [0.1, 0.15) is 31.9 Å². The molecule has 2 nitrogen and oxygen atoms in total. The second-order valence-electron chi connectivity index (χ2n) is 4.61. The van der Waals surface area contributed by atoms with Crippen molar-refractivity contribution in [2.45, 2.75) is 26.4 Å². The van der Waals surface area contributed by atoms with Gasteiger partial charge in [-0.1, -0.05) is 23.8 Å². The lowest BCUT2D eigenvalue weighted by Gasteiger charge is -2.31. The molecule has 3 heteroatoms. The van der Waals surface area contributed by atoms with E-state index < -0.39 is 6.10 Å². The number of aliphatic hydroxyl groups excluding tert-OH is 1. The first kappa shape index (κ1) is 12.1. The number of para-hydroxylation sites is 1. The Morgan fingerprint density at radius 1 is 1.41 bits per heavy atom. The van der Waals surface area contributed by atoms with Crippen LogP contribution in [0.4, 0.5) is 10.1 Å². The Kier molecular flexibility index (Phi) is 3.48. The van der Waals surface area contributed by atoms with Crippen molar-refractivity contribution in [1.29, 1.82) is 0 Å². The van der Waals surface area contributed by atoms with Crippen LogP contribution in [0.3, 0.4) is 0 Å². The Morgan fingerprint density at radius 2 is 2.18 bits per heavy atom. The van der Waals surface area contributed by atoms with Crippen molar-refractivity contribution in [1.82, 2.24) is 0 Å². The Bertz CT molecular complexity index is 440. The van der Waals surface area contributed by atoms with Gasteiger partial charge < -0.3 is 10.0 Å². The summed E-state index contributed by atoms with van der Waals surface area (Å²) in [4.78, 5) is 2.01. The summed E-state index contributed by atoms with van der Waals surface area (Å²) in [6.07, 6.45) is 2.46. The van der Waals surface area contributed by atoms with E-state index in [9.17, 15) is 9.50 Å². The largest absolute Gasteiger partial charge is 0.389 e. The maximum atomic E-state index is 13.9. The Balaban J connectivity index is 2.40. The molecule has 1 unspecified atom stereocenters. The molecule has 17 heavy (non-hydrogen) atoms. The molecule has 0 aromatic heterocycles. The number of aliphatic hydroxyl groups is 1. The van der Waals surface area contributed by atoms with Crippen LogP contribution in [-0.2, 0) is 0 Å². The topological polar surface area (TPSA) is 23.5 Å². The zero-order valence-corrected chi connectivity index (χ0v) is 10.3. The van der Waals surface area contributed by atoms with E-state index >= 15 is 0 Å². The first-order valence-electron chi connectivity index (χ1n) is 5.96. The molecule has 0 saturated carbocycles. The smallest absolute Gasteiger partial charge is 0.146 e. The van der Waals surface area contributed by atoms with E-state index in [1.807, 2.05) is 4.90 Å². The molecule has 1 N–H and O–H groups in total. The van der Waals surface area contributed by atoms with E-state index in [0.29, 0.717) is 11.3 Å². The predicted octanol–water partition coefficient (Wildman–Crippen LogP) is 3.04. The fraction of sp³-hybridized carbons (Fsp3) is 0.429. The van der Waals surface area contributed by atoms with E-state index in [0.717, 1.165) is 19.5 Å². The van der Waals surface area contributed by atoms with Crippen molar-refractivity contribution in [3.63, 3.8) is 0 Å². The van der Waals surface area contributed by atoms with E-state index in [2.05, 4.69) is 13.0 Å².